The van der Waals surface area contributed by atoms with Gasteiger partial charge in [0, 0.05) is 0 Å². The Labute approximate surface area is 113 Å². The summed E-state index contributed by atoms with van der Waals surface area (Å²) in [7, 11) is 0. The van der Waals surface area contributed by atoms with Gasteiger partial charge in [-0.2, -0.15) is 0 Å². The molecule has 0 aliphatic rings. The molecule has 1 nitrogen and oxygen atoms in total. The molecule has 0 aromatic rings. The molecule has 0 aromatic heterocycles. The molecule has 0 fully saturated rings. The summed E-state index contributed by atoms with van der Waals surface area (Å²) >= 11 is -0.746. The van der Waals surface area contributed by atoms with E-state index in [4.69, 9.17) is 5.11 Å². The Bertz CT molecular complexity index is 156. The predicted molar refractivity (Wildman–Crippen MR) is 79.9 cm³/mol. The van der Waals surface area contributed by atoms with E-state index in [1.54, 1.807) is 0 Å². The van der Waals surface area contributed by atoms with E-state index in [2.05, 4.69) is 18.7 Å². The second kappa shape index (κ2) is 14.3. The minimum absolute atomic E-state index is 0.231. The van der Waals surface area contributed by atoms with Gasteiger partial charge in [-0.15, -0.1) is 0 Å². The molecule has 0 unspecified atom stereocenters. The number of aliphatic hydroxyl groups excluding tert-OH is 1. The van der Waals surface area contributed by atoms with Gasteiger partial charge in [0.1, 0.15) is 0 Å². The van der Waals surface area contributed by atoms with Crippen LogP contribution in [0.2, 0.25) is 10.4 Å². The van der Waals surface area contributed by atoms with Crippen LogP contribution in [-0.2, 0) is 0 Å². The summed E-state index contributed by atoms with van der Waals surface area (Å²) in [6, 6.07) is 0. The summed E-state index contributed by atoms with van der Waals surface area (Å²) < 4.78 is 0. The first-order chi connectivity index (χ1) is 8.35. The quantitative estimate of drug-likeness (QED) is 0.408. The molecular weight excluding hydrogens is 271 g/mol. The van der Waals surface area contributed by atoms with Crippen molar-refractivity contribution in [2.24, 2.45) is 0 Å². The van der Waals surface area contributed by atoms with E-state index in [0.717, 1.165) is 0 Å². The van der Waals surface area contributed by atoms with Crippen molar-refractivity contribution < 1.29 is 5.11 Å². The third kappa shape index (κ3) is 12.5. The fraction of sp³-hybridized carbons (Fsp3) is 0.867. The van der Waals surface area contributed by atoms with Crippen molar-refractivity contribution in [3.05, 3.63) is 10.9 Å². The molecule has 0 amide bonds. The summed E-state index contributed by atoms with van der Waals surface area (Å²) in [4.78, 5) is 2.38. The van der Waals surface area contributed by atoms with E-state index in [9.17, 15) is 0 Å². The summed E-state index contributed by atoms with van der Waals surface area (Å²) in [5.41, 5.74) is 0. The van der Waals surface area contributed by atoms with Crippen molar-refractivity contribution in [1.82, 2.24) is 0 Å². The first-order valence-corrected chi connectivity index (χ1v) is 11.1. The van der Waals surface area contributed by atoms with Crippen molar-refractivity contribution in [3.63, 3.8) is 0 Å². The van der Waals surface area contributed by atoms with Crippen LogP contribution in [0.3, 0.4) is 0 Å². The molecule has 0 atom stereocenters. The Hall–Kier alpha value is 0.258. The van der Waals surface area contributed by atoms with Crippen molar-refractivity contribution >= 4 is 14.7 Å². The Kier molecular flexibility index (Phi) is 14.5. The normalized spacial score (nSPS) is 11.8. The maximum absolute atomic E-state index is 8.87. The number of rotatable bonds is 12. The second-order valence-corrected chi connectivity index (χ2v) is 9.70. The van der Waals surface area contributed by atoms with Gasteiger partial charge in [-0.25, -0.2) is 0 Å². The van der Waals surface area contributed by atoms with Crippen LogP contribution in [0.1, 0.15) is 65.2 Å². The number of hydrogen-bond acceptors (Lipinski definition) is 1. The molecule has 0 aliphatic heterocycles. The van der Waals surface area contributed by atoms with Gasteiger partial charge in [-0.1, -0.05) is 0 Å². The molecule has 0 heterocycles. The summed E-state index contributed by atoms with van der Waals surface area (Å²) in [5, 5.41) is 11.8. The molecule has 102 valence electrons. The first kappa shape index (κ1) is 17.3. The fourth-order valence-corrected chi connectivity index (χ4v) is 6.50. The van der Waals surface area contributed by atoms with Crippen LogP contribution in [0.25, 0.3) is 0 Å². The Morgan fingerprint density at radius 2 is 1.35 bits per heavy atom. The van der Waals surface area contributed by atoms with Gasteiger partial charge in [0.15, 0.2) is 0 Å². The third-order valence-corrected chi connectivity index (χ3v) is 8.08. The van der Waals surface area contributed by atoms with Gasteiger partial charge >= 0.3 is 113 Å². The van der Waals surface area contributed by atoms with Crippen LogP contribution in [0.15, 0.2) is 10.9 Å². The van der Waals surface area contributed by atoms with E-state index in [1.165, 1.54) is 61.8 Å². The number of hydrogen-bond donors (Lipinski definition) is 1. The molecule has 0 bridgehead atoms. The van der Waals surface area contributed by atoms with Crippen LogP contribution in [-0.4, -0.2) is 26.4 Å². The third-order valence-electron chi connectivity index (χ3n) is 3.02. The van der Waals surface area contributed by atoms with Gasteiger partial charge in [0.2, 0.25) is 0 Å². The average molecular weight is 302 g/mol. The van der Waals surface area contributed by atoms with Gasteiger partial charge in [-0.3, -0.25) is 0 Å². The topological polar surface area (TPSA) is 20.2 Å². The van der Waals surface area contributed by atoms with E-state index in [-0.39, 0.29) is 6.61 Å². The zero-order valence-electron chi connectivity index (χ0n) is 11.8. The molecule has 17 heavy (non-hydrogen) atoms. The van der Waals surface area contributed by atoms with Crippen LogP contribution in [0.4, 0.5) is 0 Å². The molecule has 0 aromatic carbocycles. The SMILES string of the molecule is CCCCCC[As](/C=C\CO)CCCCCC. The van der Waals surface area contributed by atoms with Gasteiger partial charge in [-0.05, 0) is 0 Å². The van der Waals surface area contributed by atoms with E-state index < -0.39 is 14.7 Å². The zero-order chi connectivity index (χ0) is 12.8. The number of aliphatic hydroxyl groups is 1. The monoisotopic (exact) mass is 302 g/mol. The van der Waals surface area contributed by atoms with Crippen molar-refractivity contribution in [2.75, 3.05) is 6.61 Å². The maximum atomic E-state index is 8.87. The summed E-state index contributed by atoms with van der Waals surface area (Å²) in [5.74, 6) is 0. The van der Waals surface area contributed by atoms with Crippen molar-refractivity contribution in [3.8, 4) is 0 Å². The Morgan fingerprint density at radius 1 is 0.824 bits per heavy atom. The average Bonchev–Trinajstić information content (AvgIpc) is 2.35. The standard InChI is InChI=1S/C15H31AsO/c1-3-5-7-9-12-16(14-11-15-17)13-10-8-6-4-2/h11,14,17H,3-10,12-13,15H2,1-2H3/b14-11-. The summed E-state index contributed by atoms with van der Waals surface area (Å²) in [6.07, 6.45) is 13.1. The minimum atomic E-state index is -0.746. The molecule has 0 spiro atoms. The molecule has 0 radical (unpaired) electrons. The van der Waals surface area contributed by atoms with Crippen molar-refractivity contribution in [2.45, 2.75) is 75.6 Å². The molecular formula is C15H31AsO. The van der Waals surface area contributed by atoms with Gasteiger partial charge in [0.25, 0.3) is 0 Å². The van der Waals surface area contributed by atoms with Crippen LogP contribution in [0, 0.1) is 0 Å². The molecule has 0 saturated heterocycles. The summed E-state index contributed by atoms with van der Waals surface area (Å²) in [6.45, 7) is 4.77. The van der Waals surface area contributed by atoms with Crippen LogP contribution < -0.4 is 0 Å². The molecule has 2 heteroatoms. The molecule has 0 rings (SSSR count). The molecule has 0 aliphatic carbocycles. The second-order valence-electron chi connectivity index (χ2n) is 4.72. The van der Waals surface area contributed by atoms with Crippen molar-refractivity contribution in [1.29, 1.82) is 0 Å². The van der Waals surface area contributed by atoms with Gasteiger partial charge in [0.05, 0.1) is 0 Å². The first-order valence-electron chi connectivity index (χ1n) is 7.36. The predicted octanol–water partition coefficient (Wildman–Crippen LogP) is 4.73. The molecule has 0 saturated carbocycles. The van der Waals surface area contributed by atoms with E-state index in [0.29, 0.717) is 0 Å². The Morgan fingerprint density at radius 3 is 1.76 bits per heavy atom. The molecule has 1 N–H and O–H groups in total. The van der Waals surface area contributed by atoms with E-state index in [1.807, 2.05) is 6.08 Å². The van der Waals surface area contributed by atoms with E-state index >= 15 is 0 Å². The fourth-order valence-electron chi connectivity index (χ4n) is 1.94. The Balaban J connectivity index is 3.68. The number of unbranched alkanes of at least 4 members (excludes halogenated alkanes) is 6. The van der Waals surface area contributed by atoms with Gasteiger partial charge < -0.3 is 0 Å². The zero-order valence-corrected chi connectivity index (χ0v) is 13.7. The van der Waals surface area contributed by atoms with Crippen LogP contribution >= 0.6 is 0 Å². The van der Waals surface area contributed by atoms with Crippen LogP contribution in [0.5, 0.6) is 0 Å².